The van der Waals surface area contributed by atoms with E-state index in [0.717, 1.165) is 19.3 Å². The average molecular weight is 513 g/mol. The third-order valence-corrected chi connectivity index (χ3v) is 6.78. The summed E-state index contributed by atoms with van der Waals surface area (Å²) in [7, 11) is -4.48. The van der Waals surface area contributed by atoms with E-state index in [1.165, 1.54) is 101 Å². The Labute approximate surface area is 211 Å². The summed E-state index contributed by atoms with van der Waals surface area (Å²) in [6.45, 7) is 2.26. The van der Waals surface area contributed by atoms with E-state index in [-0.39, 0.29) is 15.9 Å². The molecule has 0 unspecified atom stereocenters. The molecule has 194 valence electrons. The number of hydrogen-bond donors (Lipinski definition) is 3. The minimum atomic E-state index is -4.48. The maximum Gasteiger partial charge on any atom is 0.238 e. The lowest BCUT2D eigenvalue weighted by Gasteiger charge is -2.12. The molecule has 3 N–H and O–H groups in total. The van der Waals surface area contributed by atoms with E-state index in [1.807, 2.05) is 0 Å². The number of hydrogen-bond acceptors (Lipinski definition) is 5. The van der Waals surface area contributed by atoms with Crippen LogP contribution in [-0.2, 0) is 14.9 Å². The monoisotopic (exact) mass is 512 g/mol. The number of carbonyl (C=O) groups is 1. The van der Waals surface area contributed by atoms with Crippen molar-refractivity contribution in [3.8, 4) is 0 Å². The third kappa shape index (κ3) is 16.0. The molecule has 0 bridgehead atoms. The molecule has 0 aliphatic rings. The van der Waals surface area contributed by atoms with E-state index in [1.54, 1.807) is 0 Å². The molecule has 1 rings (SSSR count). The average Bonchev–Trinajstić information content (AvgIpc) is 2.80. The Hall–Kier alpha value is -1.71. The van der Waals surface area contributed by atoms with Crippen LogP contribution in [0.1, 0.15) is 110 Å². The van der Waals surface area contributed by atoms with Crippen LogP contribution < -0.4 is 16.2 Å². The summed E-state index contributed by atoms with van der Waals surface area (Å²) in [5.74, 6) is -0.133. The fourth-order valence-electron chi connectivity index (χ4n) is 3.71. The highest BCUT2D eigenvalue weighted by atomic mass is 32.2. The van der Waals surface area contributed by atoms with Gasteiger partial charge in [-0.3, -0.25) is 15.6 Å². The Balaban J connectivity index is 1.94. The van der Waals surface area contributed by atoms with Crippen LogP contribution in [0.25, 0.3) is 0 Å². The zero-order valence-electron chi connectivity index (χ0n) is 20.6. The van der Waals surface area contributed by atoms with Gasteiger partial charge in [-0.1, -0.05) is 96.8 Å². The molecule has 7 nitrogen and oxygen atoms in total. The van der Waals surface area contributed by atoms with Crippen LogP contribution in [0.15, 0.2) is 29.2 Å². The van der Waals surface area contributed by atoms with Crippen LogP contribution in [0.2, 0.25) is 0 Å². The maximum absolute atomic E-state index is 11.9. The molecule has 0 heterocycles. The number of rotatable bonds is 18. The first-order valence-corrected chi connectivity index (χ1v) is 14.6. The van der Waals surface area contributed by atoms with Crippen molar-refractivity contribution in [3.63, 3.8) is 0 Å². The molecule has 0 fully saturated rings. The highest BCUT2D eigenvalue weighted by molar-refractivity contribution is 7.85. The lowest BCUT2D eigenvalue weighted by Crippen LogP contribution is -2.43. The Morgan fingerprint density at radius 2 is 1.21 bits per heavy atom. The molecule has 0 spiro atoms. The van der Waals surface area contributed by atoms with Gasteiger partial charge in [0.2, 0.25) is 5.91 Å². The van der Waals surface area contributed by atoms with Crippen LogP contribution in [-0.4, -0.2) is 24.0 Å². The summed E-state index contributed by atoms with van der Waals surface area (Å²) in [6.07, 6.45) is 19.7. The van der Waals surface area contributed by atoms with Crippen LogP contribution in [0, 0.1) is 0 Å². The molecule has 34 heavy (non-hydrogen) atoms. The standard InChI is InChI=1S/C25H43N3O4S2/c1-2-3-4-5-6-7-8-9-10-11-12-13-14-15-16-17-24(29)27-28-25(33)26-22-18-20-23(21-19-22)34(30,31)32/h18-21H,2-17H2,1H3,(H,27,29)(H2,26,28,33)(H,30,31,32)/p-1. The number of unbranched alkanes of at least 4 members (excludes halogenated alkanes) is 14. The van der Waals surface area contributed by atoms with Crippen molar-refractivity contribution in [2.75, 3.05) is 5.32 Å². The van der Waals surface area contributed by atoms with Gasteiger partial charge < -0.3 is 9.87 Å². The summed E-state index contributed by atoms with van der Waals surface area (Å²) in [6, 6.07) is 5.25. The number of anilines is 1. The van der Waals surface area contributed by atoms with Gasteiger partial charge >= 0.3 is 0 Å². The fourth-order valence-corrected chi connectivity index (χ4v) is 4.35. The Morgan fingerprint density at radius 3 is 1.65 bits per heavy atom. The van der Waals surface area contributed by atoms with Crippen molar-refractivity contribution < 1.29 is 17.8 Å². The number of benzene rings is 1. The number of amides is 1. The molecular weight excluding hydrogens is 470 g/mol. The van der Waals surface area contributed by atoms with Gasteiger partial charge in [0.05, 0.1) is 4.90 Å². The lowest BCUT2D eigenvalue weighted by molar-refractivity contribution is -0.121. The second-order valence-electron chi connectivity index (χ2n) is 8.81. The van der Waals surface area contributed by atoms with Crippen molar-refractivity contribution in [3.05, 3.63) is 24.3 Å². The van der Waals surface area contributed by atoms with Crippen molar-refractivity contribution in [1.29, 1.82) is 0 Å². The highest BCUT2D eigenvalue weighted by Crippen LogP contribution is 2.14. The normalized spacial score (nSPS) is 11.2. The molecule has 0 saturated carbocycles. The van der Waals surface area contributed by atoms with Crippen LogP contribution in [0.4, 0.5) is 5.69 Å². The molecule has 1 aromatic rings. The van der Waals surface area contributed by atoms with Crippen LogP contribution in [0.3, 0.4) is 0 Å². The second kappa shape index (κ2) is 18.6. The Kier molecular flexibility index (Phi) is 16.6. The molecule has 0 saturated heterocycles. The van der Waals surface area contributed by atoms with Crippen LogP contribution >= 0.6 is 12.2 Å². The minimum absolute atomic E-state index is 0.133. The molecule has 0 radical (unpaired) electrons. The smallest absolute Gasteiger partial charge is 0.238 e. The molecular formula is C25H42N3O4S2-. The summed E-state index contributed by atoms with van der Waals surface area (Å²) in [4.78, 5) is 11.6. The Bertz CT molecular complexity index is 799. The largest absolute Gasteiger partial charge is 0.744 e. The van der Waals surface area contributed by atoms with Gasteiger partial charge in [-0.05, 0) is 42.9 Å². The van der Waals surface area contributed by atoms with Gasteiger partial charge in [-0.15, -0.1) is 0 Å². The zero-order valence-corrected chi connectivity index (χ0v) is 22.2. The van der Waals surface area contributed by atoms with Gasteiger partial charge in [0.25, 0.3) is 0 Å². The van der Waals surface area contributed by atoms with Gasteiger partial charge in [-0.25, -0.2) is 8.42 Å². The van der Waals surface area contributed by atoms with Gasteiger partial charge in [0.15, 0.2) is 5.11 Å². The van der Waals surface area contributed by atoms with Gasteiger partial charge in [0.1, 0.15) is 10.1 Å². The van der Waals surface area contributed by atoms with Gasteiger partial charge in [0, 0.05) is 12.1 Å². The lowest BCUT2D eigenvalue weighted by atomic mass is 10.0. The highest BCUT2D eigenvalue weighted by Gasteiger charge is 2.04. The fraction of sp³-hybridized carbons (Fsp3) is 0.680. The molecule has 1 amide bonds. The predicted molar refractivity (Wildman–Crippen MR) is 141 cm³/mol. The van der Waals surface area contributed by atoms with E-state index in [4.69, 9.17) is 12.2 Å². The molecule has 1 aromatic carbocycles. The second-order valence-corrected chi connectivity index (χ2v) is 10.6. The maximum atomic E-state index is 11.9. The summed E-state index contributed by atoms with van der Waals surface area (Å²) >= 11 is 5.09. The van der Waals surface area contributed by atoms with E-state index in [2.05, 4.69) is 23.1 Å². The van der Waals surface area contributed by atoms with E-state index in [0.29, 0.717) is 12.1 Å². The van der Waals surface area contributed by atoms with Crippen molar-refractivity contribution in [2.45, 2.75) is 115 Å². The number of thiocarbonyl (C=S) groups is 1. The number of hydrazine groups is 1. The molecule has 0 aliphatic carbocycles. The quantitative estimate of drug-likeness (QED) is 0.0933. The number of carbonyl (C=O) groups excluding carboxylic acids is 1. The first kappa shape index (κ1) is 30.3. The predicted octanol–water partition coefficient (Wildman–Crippen LogP) is 6.17. The first-order chi connectivity index (χ1) is 16.3. The molecule has 0 aliphatic heterocycles. The van der Waals surface area contributed by atoms with Crippen molar-refractivity contribution in [2.24, 2.45) is 0 Å². The SMILES string of the molecule is CCCCCCCCCCCCCCCCCC(=O)NNC(=S)Nc1ccc(S(=O)(=O)[O-])cc1. The minimum Gasteiger partial charge on any atom is -0.744 e. The Morgan fingerprint density at radius 1 is 0.765 bits per heavy atom. The van der Waals surface area contributed by atoms with E-state index in [9.17, 15) is 17.8 Å². The topological polar surface area (TPSA) is 110 Å². The van der Waals surface area contributed by atoms with E-state index < -0.39 is 10.1 Å². The number of nitrogens with one attached hydrogen (secondary N) is 3. The summed E-state index contributed by atoms with van der Waals surface area (Å²) in [5.41, 5.74) is 5.67. The third-order valence-electron chi connectivity index (χ3n) is 5.72. The van der Waals surface area contributed by atoms with E-state index >= 15 is 0 Å². The van der Waals surface area contributed by atoms with Crippen molar-refractivity contribution in [1.82, 2.24) is 10.9 Å². The summed E-state index contributed by atoms with van der Waals surface area (Å²) < 4.78 is 32.8. The summed E-state index contributed by atoms with van der Waals surface area (Å²) in [5, 5.41) is 2.98. The molecule has 9 heteroatoms. The van der Waals surface area contributed by atoms with Crippen LogP contribution in [0.5, 0.6) is 0 Å². The molecule has 0 aromatic heterocycles. The first-order valence-electron chi connectivity index (χ1n) is 12.7. The zero-order chi connectivity index (χ0) is 25.1. The molecule has 0 atom stereocenters. The van der Waals surface area contributed by atoms with Crippen molar-refractivity contribution >= 4 is 39.0 Å². The van der Waals surface area contributed by atoms with Gasteiger partial charge in [-0.2, -0.15) is 0 Å².